The molecular weight excluding hydrogens is 188 g/mol. The molecule has 0 spiro atoms. The average Bonchev–Trinajstić information content (AvgIpc) is 2.18. The van der Waals surface area contributed by atoms with Crippen LogP contribution in [0.1, 0.15) is 19.4 Å². The minimum Gasteiger partial charge on any atom is -0.494 e. The fourth-order valence-corrected chi connectivity index (χ4v) is 1.38. The Morgan fingerprint density at radius 1 is 1.53 bits per heavy atom. The maximum Gasteiger partial charge on any atom is 0.119 e. The van der Waals surface area contributed by atoms with E-state index in [2.05, 4.69) is 6.07 Å². The van der Waals surface area contributed by atoms with Gasteiger partial charge in [0.25, 0.3) is 0 Å². The molecule has 1 aromatic rings. The van der Waals surface area contributed by atoms with Crippen LogP contribution in [-0.2, 0) is 6.42 Å². The molecule has 0 aliphatic rings. The fraction of sp³-hybridized carbons (Fsp3) is 0.417. The lowest BCUT2D eigenvalue weighted by Gasteiger charge is -2.15. The lowest BCUT2D eigenvalue weighted by Crippen LogP contribution is -2.36. The molecule has 80 valence electrons. The van der Waals surface area contributed by atoms with E-state index in [4.69, 9.17) is 15.7 Å². The first kappa shape index (κ1) is 11.5. The number of nitriles is 1. The van der Waals surface area contributed by atoms with E-state index in [0.717, 1.165) is 11.3 Å². The summed E-state index contributed by atoms with van der Waals surface area (Å²) in [6.45, 7) is 4.30. The van der Waals surface area contributed by atoms with Crippen molar-refractivity contribution in [3.05, 3.63) is 29.8 Å². The van der Waals surface area contributed by atoms with E-state index in [1.807, 2.05) is 31.2 Å². The van der Waals surface area contributed by atoms with Crippen molar-refractivity contribution in [2.45, 2.75) is 25.8 Å². The molecule has 1 atom stereocenters. The Morgan fingerprint density at radius 2 is 2.27 bits per heavy atom. The molecule has 0 saturated heterocycles. The van der Waals surface area contributed by atoms with E-state index in [1.54, 1.807) is 6.92 Å². The standard InChI is InChI=1S/C12H16N2O/c1-3-15-11-6-4-5-10(7-11)8-12(2,14)9-13/h4-7H,3,8,14H2,1-2H3. The number of benzene rings is 1. The quantitative estimate of drug-likeness (QED) is 0.814. The first-order valence-corrected chi connectivity index (χ1v) is 4.99. The minimum atomic E-state index is -0.815. The maximum atomic E-state index is 8.82. The van der Waals surface area contributed by atoms with Crippen molar-refractivity contribution in [3.8, 4) is 11.8 Å². The normalized spacial score (nSPS) is 14.0. The Morgan fingerprint density at radius 3 is 2.87 bits per heavy atom. The predicted octanol–water partition coefficient (Wildman–Crippen LogP) is 1.87. The predicted molar refractivity (Wildman–Crippen MR) is 59.5 cm³/mol. The number of hydrogen-bond acceptors (Lipinski definition) is 3. The zero-order valence-electron chi connectivity index (χ0n) is 9.16. The van der Waals surface area contributed by atoms with Gasteiger partial charge in [0, 0.05) is 6.42 Å². The average molecular weight is 204 g/mol. The second-order valence-corrected chi connectivity index (χ2v) is 3.79. The van der Waals surface area contributed by atoms with Crippen LogP contribution < -0.4 is 10.5 Å². The van der Waals surface area contributed by atoms with E-state index in [9.17, 15) is 0 Å². The van der Waals surface area contributed by atoms with Gasteiger partial charge < -0.3 is 10.5 Å². The van der Waals surface area contributed by atoms with Gasteiger partial charge in [-0.1, -0.05) is 12.1 Å². The zero-order valence-corrected chi connectivity index (χ0v) is 9.16. The van der Waals surface area contributed by atoms with E-state index >= 15 is 0 Å². The Bertz CT molecular complexity index is 366. The highest BCUT2D eigenvalue weighted by atomic mass is 16.5. The number of rotatable bonds is 4. The van der Waals surface area contributed by atoms with Crippen LogP contribution in [0.15, 0.2) is 24.3 Å². The lowest BCUT2D eigenvalue weighted by molar-refractivity contribution is 0.339. The summed E-state index contributed by atoms with van der Waals surface area (Å²) in [6, 6.07) is 9.76. The van der Waals surface area contributed by atoms with E-state index < -0.39 is 5.54 Å². The Balaban J connectivity index is 2.79. The number of nitrogens with two attached hydrogens (primary N) is 1. The Hall–Kier alpha value is -1.53. The number of hydrogen-bond donors (Lipinski definition) is 1. The second kappa shape index (κ2) is 4.81. The van der Waals surface area contributed by atoms with Crippen molar-refractivity contribution in [1.29, 1.82) is 5.26 Å². The topological polar surface area (TPSA) is 59.0 Å². The molecule has 2 N–H and O–H groups in total. The highest BCUT2D eigenvalue weighted by Gasteiger charge is 2.17. The van der Waals surface area contributed by atoms with Gasteiger partial charge in [0.15, 0.2) is 0 Å². The van der Waals surface area contributed by atoms with Crippen molar-refractivity contribution >= 4 is 0 Å². The number of nitrogens with zero attached hydrogens (tertiary/aromatic N) is 1. The van der Waals surface area contributed by atoms with Crippen LogP contribution in [0.5, 0.6) is 5.75 Å². The molecule has 0 bridgehead atoms. The largest absolute Gasteiger partial charge is 0.494 e. The molecule has 0 aliphatic carbocycles. The molecular formula is C12H16N2O. The summed E-state index contributed by atoms with van der Waals surface area (Å²) in [6.07, 6.45) is 0.532. The SMILES string of the molecule is CCOc1cccc(CC(C)(N)C#N)c1. The lowest BCUT2D eigenvalue weighted by atomic mass is 9.95. The molecule has 1 aromatic carbocycles. The summed E-state index contributed by atoms with van der Waals surface area (Å²) in [4.78, 5) is 0. The molecule has 0 aliphatic heterocycles. The summed E-state index contributed by atoms with van der Waals surface area (Å²) in [5.74, 6) is 0.823. The van der Waals surface area contributed by atoms with Gasteiger partial charge in [0.1, 0.15) is 11.3 Å². The third kappa shape index (κ3) is 3.61. The first-order valence-electron chi connectivity index (χ1n) is 4.99. The van der Waals surface area contributed by atoms with Gasteiger partial charge >= 0.3 is 0 Å². The molecule has 15 heavy (non-hydrogen) atoms. The summed E-state index contributed by atoms with van der Waals surface area (Å²) in [7, 11) is 0. The molecule has 0 fully saturated rings. The van der Waals surface area contributed by atoms with E-state index in [0.29, 0.717) is 13.0 Å². The summed E-state index contributed by atoms with van der Waals surface area (Å²) in [5.41, 5.74) is 5.98. The summed E-state index contributed by atoms with van der Waals surface area (Å²) < 4.78 is 5.37. The first-order chi connectivity index (χ1) is 7.07. The van der Waals surface area contributed by atoms with Gasteiger partial charge in [0.2, 0.25) is 0 Å². The molecule has 1 rings (SSSR count). The molecule has 3 heteroatoms. The third-order valence-corrected chi connectivity index (χ3v) is 2.04. The van der Waals surface area contributed by atoms with Gasteiger partial charge in [-0.05, 0) is 31.5 Å². The van der Waals surface area contributed by atoms with Crippen molar-refractivity contribution in [2.24, 2.45) is 5.73 Å². The summed E-state index contributed by atoms with van der Waals surface area (Å²) >= 11 is 0. The van der Waals surface area contributed by atoms with Gasteiger partial charge in [0.05, 0.1) is 12.7 Å². The van der Waals surface area contributed by atoms with Crippen molar-refractivity contribution in [1.82, 2.24) is 0 Å². The molecule has 3 nitrogen and oxygen atoms in total. The number of ether oxygens (including phenoxy) is 1. The highest BCUT2D eigenvalue weighted by molar-refractivity contribution is 5.30. The van der Waals surface area contributed by atoms with Gasteiger partial charge in [-0.15, -0.1) is 0 Å². The van der Waals surface area contributed by atoms with Gasteiger partial charge in [-0.25, -0.2) is 0 Å². The maximum absolute atomic E-state index is 8.82. The molecule has 0 aromatic heterocycles. The fourth-order valence-electron chi connectivity index (χ4n) is 1.38. The molecule has 0 saturated carbocycles. The van der Waals surface area contributed by atoms with Crippen molar-refractivity contribution in [3.63, 3.8) is 0 Å². The Kier molecular flexibility index (Phi) is 3.70. The molecule has 0 amide bonds. The molecule has 0 radical (unpaired) electrons. The molecule has 1 unspecified atom stereocenters. The van der Waals surface area contributed by atoms with Crippen LogP contribution in [0.25, 0.3) is 0 Å². The summed E-state index contributed by atoms with van der Waals surface area (Å²) in [5, 5.41) is 8.82. The smallest absolute Gasteiger partial charge is 0.119 e. The van der Waals surface area contributed by atoms with Crippen LogP contribution in [0.4, 0.5) is 0 Å². The second-order valence-electron chi connectivity index (χ2n) is 3.79. The third-order valence-electron chi connectivity index (χ3n) is 2.04. The van der Waals surface area contributed by atoms with Crippen LogP contribution in [0.3, 0.4) is 0 Å². The highest BCUT2D eigenvalue weighted by Crippen LogP contribution is 2.16. The van der Waals surface area contributed by atoms with Crippen LogP contribution in [0, 0.1) is 11.3 Å². The monoisotopic (exact) mass is 204 g/mol. The van der Waals surface area contributed by atoms with Crippen LogP contribution in [-0.4, -0.2) is 12.1 Å². The van der Waals surface area contributed by atoms with Crippen LogP contribution >= 0.6 is 0 Å². The Labute approximate surface area is 90.5 Å². The molecule has 0 heterocycles. The van der Waals surface area contributed by atoms with E-state index in [-0.39, 0.29) is 0 Å². The van der Waals surface area contributed by atoms with Crippen molar-refractivity contribution in [2.75, 3.05) is 6.61 Å². The van der Waals surface area contributed by atoms with E-state index in [1.165, 1.54) is 0 Å². The minimum absolute atomic E-state index is 0.532. The van der Waals surface area contributed by atoms with Gasteiger partial charge in [-0.2, -0.15) is 5.26 Å². The van der Waals surface area contributed by atoms with Crippen molar-refractivity contribution < 1.29 is 4.74 Å². The van der Waals surface area contributed by atoms with Crippen LogP contribution in [0.2, 0.25) is 0 Å². The van der Waals surface area contributed by atoms with Gasteiger partial charge in [-0.3, -0.25) is 0 Å². The zero-order chi connectivity index (χ0) is 11.3.